The average molecular weight is 246 g/mol. The maximum Gasteiger partial charge on any atom is 0.335 e. The number of hydrogen-bond donors (Lipinski definition) is 2. The standard InChI is InChI=1S/C11H15NO3.ClH/c1-2-9(12)7-15-10-5-3-8(4-6-10)11(13)14;/h3-6,9H,2,7,12H2,1H3,(H,13,14);1H. The van der Waals surface area contributed by atoms with Crippen molar-refractivity contribution in [3.05, 3.63) is 29.8 Å². The van der Waals surface area contributed by atoms with E-state index in [-0.39, 0.29) is 24.0 Å². The molecule has 0 amide bonds. The Morgan fingerprint density at radius 2 is 2.00 bits per heavy atom. The number of halogens is 1. The minimum atomic E-state index is -0.938. The number of carboxylic acid groups (broad SMARTS) is 1. The molecule has 0 heterocycles. The van der Waals surface area contributed by atoms with Gasteiger partial charge in [0.25, 0.3) is 0 Å². The number of benzene rings is 1. The summed E-state index contributed by atoms with van der Waals surface area (Å²) in [5.41, 5.74) is 5.93. The van der Waals surface area contributed by atoms with Gasteiger partial charge in [0.1, 0.15) is 12.4 Å². The molecule has 0 saturated carbocycles. The van der Waals surface area contributed by atoms with Gasteiger partial charge in [-0.25, -0.2) is 4.79 Å². The molecule has 90 valence electrons. The van der Waals surface area contributed by atoms with E-state index >= 15 is 0 Å². The second-order valence-corrected chi connectivity index (χ2v) is 3.31. The van der Waals surface area contributed by atoms with Crippen LogP contribution in [0.4, 0.5) is 0 Å². The van der Waals surface area contributed by atoms with E-state index in [9.17, 15) is 4.79 Å². The highest BCUT2D eigenvalue weighted by Gasteiger charge is 2.03. The van der Waals surface area contributed by atoms with Crippen LogP contribution in [0.2, 0.25) is 0 Å². The normalized spacial score (nSPS) is 11.4. The monoisotopic (exact) mass is 245 g/mol. The molecule has 4 nitrogen and oxygen atoms in total. The molecule has 0 saturated heterocycles. The molecule has 16 heavy (non-hydrogen) atoms. The van der Waals surface area contributed by atoms with Crippen molar-refractivity contribution in [3.63, 3.8) is 0 Å². The van der Waals surface area contributed by atoms with Gasteiger partial charge in [-0.2, -0.15) is 0 Å². The van der Waals surface area contributed by atoms with Crippen LogP contribution in [-0.2, 0) is 0 Å². The number of hydrogen-bond acceptors (Lipinski definition) is 3. The van der Waals surface area contributed by atoms with Crippen molar-refractivity contribution in [1.29, 1.82) is 0 Å². The average Bonchev–Trinajstić information content (AvgIpc) is 2.26. The summed E-state index contributed by atoms with van der Waals surface area (Å²) in [6.45, 7) is 2.43. The first-order valence-corrected chi connectivity index (χ1v) is 4.85. The van der Waals surface area contributed by atoms with Crippen molar-refractivity contribution in [1.82, 2.24) is 0 Å². The smallest absolute Gasteiger partial charge is 0.335 e. The number of nitrogens with two attached hydrogens (primary N) is 1. The zero-order valence-electron chi connectivity index (χ0n) is 9.05. The Bertz CT molecular complexity index is 327. The third-order valence-corrected chi connectivity index (χ3v) is 2.09. The quantitative estimate of drug-likeness (QED) is 0.831. The fourth-order valence-electron chi connectivity index (χ4n) is 1.01. The predicted molar refractivity (Wildman–Crippen MR) is 64.4 cm³/mol. The van der Waals surface area contributed by atoms with Crippen LogP contribution >= 0.6 is 12.4 Å². The first-order chi connectivity index (χ1) is 7.13. The number of carboxylic acids is 1. The molecule has 1 rings (SSSR count). The first kappa shape index (κ1) is 14.7. The van der Waals surface area contributed by atoms with Crippen LogP contribution in [0.3, 0.4) is 0 Å². The topological polar surface area (TPSA) is 72.5 Å². The summed E-state index contributed by atoms with van der Waals surface area (Å²) in [5, 5.41) is 8.67. The van der Waals surface area contributed by atoms with Gasteiger partial charge in [-0.05, 0) is 30.7 Å². The highest BCUT2D eigenvalue weighted by molar-refractivity contribution is 5.87. The summed E-state index contributed by atoms with van der Waals surface area (Å²) < 4.78 is 5.38. The van der Waals surface area contributed by atoms with E-state index in [4.69, 9.17) is 15.6 Å². The molecule has 1 atom stereocenters. The molecule has 1 aromatic carbocycles. The fraction of sp³-hybridized carbons (Fsp3) is 0.364. The number of carbonyl (C=O) groups is 1. The van der Waals surface area contributed by atoms with Crippen LogP contribution in [0.1, 0.15) is 23.7 Å². The minimum absolute atomic E-state index is 0. The highest BCUT2D eigenvalue weighted by atomic mass is 35.5. The molecule has 0 aliphatic heterocycles. The van der Waals surface area contributed by atoms with Gasteiger partial charge in [-0.15, -0.1) is 12.4 Å². The van der Waals surface area contributed by atoms with E-state index in [1.807, 2.05) is 6.92 Å². The van der Waals surface area contributed by atoms with Gasteiger partial charge in [0.05, 0.1) is 5.56 Å². The number of aromatic carboxylic acids is 1. The molecular weight excluding hydrogens is 230 g/mol. The second kappa shape index (κ2) is 7.09. The van der Waals surface area contributed by atoms with E-state index in [1.54, 1.807) is 12.1 Å². The van der Waals surface area contributed by atoms with Crippen LogP contribution in [0.5, 0.6) is 5.75 Å². The lowest BCUT2D eigenvalue weighted by Crippen LogP contribution is -2.26. The van der Waals surface area contributed by atoms with E-state index < -0.39 is 5.97 Å². The molecule has 0 radical (unpaired) electrons. The van der Waals surface area contributed by atoms with Crippen LogP contribution in [0.15, 0.2) is 24.3 Å². The minimum Gasteiger partial charge on any atom is -0.492 e. The van der Waals surface area contributed by atoms with E-state index in [0.29, 0.717) is 12.4 Å². The molecule has 0 aliphatic carbocycles. The predicted octanol–water partition coefficient (Wildman–Crippen LogP) is 1.92. The molecule has 0 spiro atoms. The Balaban J connectivity index is 0.00000225. The van der Waals surface area contributed by atoms with E-state index in [0.717, 1.165) is 6.42 Å². The van der Waals surface area contributed by atoms with Gasteiger partial charge < -0.3 is 15.6 Å². The van der Waals surface area contributed by atoms with Crippen LogP contribution < -0.4 is 10.5 Å². The molecule has 5 heteroatoms. The Morgan fingerprint density at radius 3 is 2.44 bits per heavy atom. The van der Waals surface area contributed by atoms with Crippen molar-refractivity contribution in [2.45, 2.75) is 19.4 Å². The van der Waals surface area contributed by atoms with Gasteiger partial charge in [0, 0.05) is 6.04 Å². The van der Waals surface area contributed by atoms with Crippen LogP contribution in [0.25, 0.3) is 0 Å². The summed E-state index contributed by atoms with van der Waals surface area (Å²) in [6, 6.07) is 6.30. The Hall–Kier alpha value is -1.26. The summed E-state index contributed by atoms with van der Waals surface area (Å²) in [4.78, 5) is 10.6. The number of ether oxygens (including phenoxy) is 1. The van der Waals surface area contributed by atoms with Crippen molar-refractivity contribution in [2.75, 3.05) is 6.61 Å². The van der Waals surface area contributed by atoms with Gasteiger partial charge in [0.15, 0.2) is 0 Å². The maximum atomic E-state index is 10.6. The van der Waals surface area contributed by atoms with Crippen molar-refractivity contribution >= 4 is 18.4 Å². The summed E-state index contributed by atoms with van der Waals surface area (Å²) in [7, 11) is 0. The second-order valence-electron chi connectivity index (χ2n) is 3.31. The highest BCUT2D eigenvalue weighted by Crippen LogP contribution is 2.12. The third-order valence-electron chi connectivity index (χ3n) is 2.09. The van der Waals surface area contributed by atoms with E-state index in [2.05, 4.69) is 0 Å². The molecule has 0 aromatic heterocycles. The summed E-state index contributed by atoms with van der Waals surface area (Å²) in [6.07, 6.45) is 0.854. The zero-order chi connectivity index (χ0) is 11.3. The van der Waals surface area contributed by atoms with Crippen LogP contribution in [0, 0.1) is 0 Å². The molecular formula is C11H16ClNO3. The summed E-state index contributed by atoms with van der Waals surface area (Å²) >= 11 is 0. The molecule has 1 unspecified atom stereocenters. The van der Waals surface area contributed by atoms with Gasteiger partial charge in [-0.3, -0.25) is 0 Å². The molecule has 0 bridgehead atoms. The van der Waals surface area contributed by atoms with Gasteiger partial charge >= 0.3 is 5.97 Å². The first-order valence-electron chi connectivity index (χ1n) is 4.85. The largest absolute Gasteiger partial charge is 0.492 e. The molecule has 0 aliphatic rings. The summed E-state index contributed by atoms with van der Waals surface area (Å²) in [5.74, 6) is -0.296. The molecule has 0 fully saturated rings. The van der Waals surface area contributed by atoms with Gasteiger partial charge in [0.2, 0.25) is 0 Å². The SMILES string of the molecule is CCC(N)COc1ccc(C(=O)O)cc1.Cl. The van der Waals surface area contributed by atoms with Crippen molar-refractivity contribution in [3.8, 4) is 5.75 Å². The van der Waals surface area contributed by atoms with E-state index in [1.165, 1.54) is 12.1 Å². The lowest BCUT2D eigenvalue weighted by atomic mass is 10.2. The third kappa shape index (κ3) is 4.51. The molecule has 1 aromatic rings. The van der Waals surface area contributed by atoms with Gasteiger partial charge in [-0.1, -0.05) is 6.92 Å². The fourth-order valence-corrected chi connectivity index (χ4v) is 1.01. The Morgan fingerprint density at radius 1 is 1.44 bits per heavy atom. The molecule has 3 N–H and O–H groups in total. The lowest BCUT2D eigenvalue weighted by molar-refractivity contribution is 0.0697. The van der Waals surface area contributed by atoms with Crippen molar-refractivity contribution < 1.29 is 14.6 Å². The zero-order valence-corrected chi connectivity index (χ0v) is 9.87. The number of rotatable bonds is 5. The maximum absolute atomic E-state index is 10.6. The Kier molecular flexibility index (Phi) is 6.53. The van der Waals surface area contributed by atoms with Crippen molar-refractivity contribution in [2.24, 2.45) is 5.73 Å². The Labute approximate surface area is 101 Å². The van der Waals surface area contributed by atoms with Crippen LogP contribution in [-0.4, -0.2) is 23.7 Å². The lowest BCUT2D eigenvalue weighted by Gasteiger charge is -2.10.